The lowest BCUT2D eigenvalue weighted by molar-refractivity contribution is -0.137. The molecule has 2 aromatic rings. The van der Waals surface area contributed by atoms with Crippen LogP contribution < -0.4 is 0 Å². The van der Waals surface area contributed by atoms with Crippen LogP contribution in [0.5, 0.6) is 0 Å². The normalized spacial score (nSPS) is 14.7. The molecule has 0 fully saturated rings. The van der Waals surface area contributed by atoms with E-state index in [0.29, 0.717) is 23.1 Å². The van der Waals surface area contributed by atoms with Gasteiger partial charge in [0.15, 0.2) is 0 Å². The summed E-state index contributed by atoms with van der Waals surface area (Å²) >= 11 is 12.1. The Kier molecular flexibility index (Phi) is 4.15. The summed E-state index contributed by atoms with van der Waals surface area (Å²) in [6.07, 6.45) is 0. The molecule has 0 aliphatic carbocycles. The number of amides is 1. The Morgan fingerprint density at radius 2 is 1.91 bits per heavy atom. The first-order chi connectivity index (χ1) is 10.8. The number of aromatic nitrogens is 2. The zero-order valence-corrected chi connectivity index (χ0v) is 14.9. The molecule has 122 valence electrons. The molecule has 0 atom stereocenters. The molecule has 1 aromatic heterocycles. The van der Waals surface area contributed by atoms with Crippen molar-refractivity contribution >= 4 is 29.1 Å². The average Bonchev–Trinajstić information content (AvgIpc) is 2.88. The Balaban J connectivity index is 1.85. The van der Waals surface area contributed by atoms with Gasteiger partial charge in [-0.15, -0.1) is 0 Å². The predicted molar refractivity (Wildman–Crippen MR) is 91.9 cm³/mol. The second-order valence-corrected chi connectivity index (χ2v) is 7.30. The van der Waals surface area contributed by atoms with E-state index >= 15 is 0 Å². The fraction of sp³-hybridized carbons (Fsp3) is 0.412. The molecule has 6 heteroatoms. The van der Waals surface area contributed by atoms with Gasteiger partial charge < -0.3 is 4.90 Å². The van der Waals surface area contributed by atoms with Gasteiger partial charge in [-0.3, -0.25) is 9.48 Å². The topological polar surface area (TPSA) is 38.1 Å². The minimum absolute atomic E-state index is 0.0843. The maximum atomic E-state index is 13.1. The Hall–Kier alpha value is -1.52. The van der Waals surface area contributed by atoms with Crippen LogP contribution in [-0.4, -0.2) is 27.1 Å². The van der Waals surface area contributed by atoms with Gasteiger partial charge in [-0.05, 0) is 44.5 Å². The van der Waals surface area contributed by atoms with Crippen molar-refractivity contribution in [2.75, 3.05) is 6.54 Å². The number of rotatable bonds is 2. The lowest BCUT2D eigenvalue weighted by Crippen LogP contribution is -2.46. The van der Waals surface area contributed by atoms with Crippen LogP contribution in [-0.2, 0) is 23.3 Å². The van der Waals surface area contributed by atoms with E-state index in [2.05, 4.69) is 5.10 Å². The minimum atomic E-state index is -0.661. The number of nitrogens with zero attached hydrogens (tertiary/aromatic N) is 3. The molecule has 0 saturated carbocycles. The van der Waals surface area contributed by atoms with Crippen LogP contribution in [0, 0.1) is 6.92 Å². The molecule has 1 aliphatic rings. The SMILES string of the molecule is Cc1cc2n(n1)CCN(C(=O)C(C)(C)c1ccc(Cl)c(Cl)c1)C2. The number of hydrogen-bond acceptors (Lipinski definition) is 2. The maximum Gasteiger partial charge on any atom is 0.233 e. The highest BCUT2D eigenvalue weighted by molar-refractivity contribution is 6.42. The lowest BCUT2D eigenvalue weighted by Gasteiger charge is -2.35. The Bertz CT molecular complexity index is 767. The minimum Gasteiger partial charge on any atom is -0.334 e. The van der Waals surface area contributed by atoms with Crippen molar-refractivity contribution < 1.29 is 4.79 Å². The monoisotopic (exact) mass is 351 g/mol. The van der Waals surface area contributed by atoms with Gasteiger partial charge in [0, 0.05) is 6.54 Å². The van der Waals surface area contributed by atoms with Crippen LogP contribution in [0.1, 0.15) is 30.8 Å². The number of carbonyl (C=O) groups excluding carboxylic acids is 1. The number of fused-ring (bicyclic) bond motifs is 1. The van der Waals surface area contributed by atoms with E-state index in [1.54, 1.807) is 12.1 Å². The molecule has 3 rings (SSSR count). The van der Waals surface area contributed by atoms with Crippen LogP contribution in [0.2, 0.25) is 10.0 Å². The molecular formula is C17H19Cl2N3O. The van der Waals surface area contributed by atoms with E-state index in [1.165, 1.54) is 0 Å². The fourth-order valence-corrected chi connectivity index (χ4v) is 3.29. The van der Waals surface area contributed by atoms with Gasteiger partial charge in [0.25, 0.3) is 0 Å². The van der Waals surface area contributed by atoms with Gasteiger partial charge in [0.05, 0.1) is 39.9 Å². The van der Waals surface area contributed by atoms with Crippen LogP contribution in [0.3, 0.4) is 0 Å². The highest BCUT2D eigenvalue weighted by Crippen LogP contribution is 2.32. The summed E-state index contributed by atoms with van der Waals surface area (Å²) < 4.78 is 1.98. The van der Waals surface area contributed by atoms with Gasteiger partial charge in [-0.25, -0.2) is 0 Å². The van der Waals surface area contributed by atoms with Crippen LogP contribution in [0.15, 0.2) is 24.3 Å². The molecule has 1 amide bonds. The molecule has 1 aliphatic heterocycles. The van der Waals surface area contributed by atoms with Crippen LogP contribution >= 0.6 is 23.2 Å². The largest absolute Gasteiger partial charge is 0.334 e. The fourth-order valence-electron chi connectivity index (χ4n) is 2.99. The van der Waals surface area contributed by atoms with Crippen molar-refractivity contribution in [3.05, 3.63) is 51.3 Å². The van der Waals surface area contributed by atoms with Gasteiger partial charge in [0.2, 0.25) is 5.91 Å². The smallest absolute Gasteiger partial charge is 0.233 e. The van der Waals surface area contributed by atoms with E-state index in [9.17, 15) is 4.79 Å². The van der Waals surface area contributed by atoms with E-state index in [-0.39, 0.29) is 5.91 Å². The molecule has 0 radical (unpaired) electrons. The highest BCUT2D eigenvalue weighted by atomic mass is 35.5. The van der Waals surface area contributed by atoms with Crippen molar-refractivity contribution in [3.63, 3.8) is 0 Å². The zero-order valence-electron chi connectivity index (χ0n) is 13.4. The molecule has 0 bridgehead atoms. The first kappa shape index (κ1) is 16.3. The molecule has 0 saturated heterocycles. The summed E-state index contributed by atoms with van der Waals surface area (Å²) in [7, 11) is 0. The number of benzene rings is 1. The van der Waals surface area contributed by atoms with Gasteiger partial charge in [-0.2, -0.15) is 5.10 Å². The summed E-state index contributed by atoms with van der Waals surface area (Å²) in [4.78, 5) is 14.9. The summed E-state index contributed by atoms with van der Waals surface area (Å²) in [5.41, 5.74) is 2.27. The van der Waals surface area contributed by atoms with E-state index in [4.69, 9.17) is 23.2 Å². The first-order valence-corrected chi connectivity index (χ1v) is 8.33. The summed E-state index contributed by atoms with van der Waals surface area (Å²) in [5, 5.41) is 5.40. The lowest BCUT2D eigenvalue weighted by atomic mass is 9.83. The summed E-state index contributed by atoms with van der Waals surface area (Å²) in [5.74, 6) is 0.0843. The van der Waals surface area contributed by atoms with Gasteiger partial charge in [0.1, 0.15) is 0 Å². The van der Waals surface area contributed by atoms with Crippen molar-refractivity contribution in [1.82, 2.24) is 14.7 Å². The number of halogens is 2. The van der Waals surface area contributed by atoms with Crippen LogP contribution in [0.4, 0.5) is 0 Å². The molecule has 23 heavy (non-hydrogen) atoms. The molecule has 4 nitrogen and oxygen atoms in total. The Morgan fingerprint density at radius 1 is 1.17 bits per heavy atom. The van der Waals surface area contributed by atoms with Crippen molar-refractivity contribution in [2.45, 2.75) is 39.3 Å². The summed E-state index contributed by atoms with van der Waals surface area (Å²) in [6.45, 7) is 7.80. The van der Waals surface area contributed by atoms with Gasteiger partial charge >= 0.3 is 0 Å². The molecule has 0 unspecified atom stereocenters. The maximum absolute atomic E-state index is 13.1. The first-order valence-electron chi connectivity index (χ1n) is 7.57. The standard InChI is InChI=1S/C17H19Cl2N3O/c1-11-8-13-10-21(6-7-22(13)20-11)16(23)17(2,3)12-4-5-14(18)15(19)9-12/h4-5,8-9H,6-7,10H2,1-3H3. The highest BCUT2D eigenvalue weighted by Gasteiger charge is 2.35. The third-order valence-electron chi connectivity index (χ3n) is 4.38. The third kappa shape index (κ3) is 2.98. The zero-order chi connectivity index (χ0) is 16.8. The molecule has 0 spiro atoms. The molecular weight excluding hydrogens is 333 g/mol. The second-order valence-electron chi connectivity index (χ2n) is 6.48. The average molecular weight is 352 g/mol. The van der Waals surface area contributed by atoms with E-state index in [1.807, 2.05) is 42.5 Å². The van der Waals surface area contributed by atoms with Gasteiger partial charge in [-0.1, -0.05) is 29.3 Å². The van der Waals surface area contributed by atoms with Crippen molar-refractivity contribution in [1.29, 1.82) is 0 Å². The second kappa shape index (κ2) is 5.84. The van der Waals surface area contributed by atoms with Crippen molar-refractivity contribution in [3.8, 4) is 0 Å². The number of carbonyl (C=O) groups is 1. The third-order valence-corrected chi connectivity index (χ3v) is 5.12. The van der Waals surface area contributed by atoms with Crippen LogP contribution in [0.25, 0.3) is 0 Å². The predicted octanol–water partition coefficient (Wildman–Crippen LogP) is 3.82. The number of aryl methyl sites for hydroxylation is 1. The van der Waals surface area contributed by atoms with E-state index < -0.39 is 5.41 Å². The molecule has 1 aromatic carbocycles. The van der Waals surface area contributed by atoms with Crippen molar-refractivity contribution in [2.24, 2.45) is 0 Å². The molecule has 0 N–H and O–H groups in total. The Labute approximate surface area is 146 Å². The Morgan fingerprint density at radius 3 is 2.61 bits per heavy atom. The molecule has 2 heterocycles. The summed E-state index contributed by atoms with van der Waals surface area (Å²) in [6, 6.07) is 7.42. The number of hydrogen-bond donors (Lipinski definition) is 0. The van der Waals surface area contributed by atoms with E-state index in [0.717, 1.165) is 23.5 Å². The quantitative estimate of drug-likeness (QED) is 0.824.